The average Bonchev–Trinajstić information content (AvgIpc) is 2.40. The van der Waals surface area contributed by atoms with E-state index in [9.17, 15) is 9.59 Å². The monoisotopic (exact) mass is 372 g/mol. The van der Waals surface area contributed by atoms with Crippen LogP contribution < -0.4 is 7.22 Å². The number of benzene rings is 2. The summed E-state index contributed by atoms with van der Waals surface area (Å²) in [6.45, 7) is 0. The van der Waals surface area contributed by atoms with Crippen molar-refractivity contribution < 1.29 is 19.8 Å². The van der Waals surface area contributed by atoms with Gasteiger partial charge in [0.25, 0.3) is 0 Å². The predicted molar refractivity (Wildman–Crippen MR) is 71.8 cm³/mol. The molecular formula is C14H10O4Te. The van der Waals surface area contributed by atoms with Crippen LogP contribution in [0.3, 0.4) is 0 Å². The van der Waals surface area contributed by atoms with Crippen LogP contribution in [0.25, 0.3) is 0 Å². The molecule has 19 heavy (non-hydrogen) atoms. The van der Waals surface area contributed by atoms with E-state index in [4.69, 9.17) is 10.2 Å². The van der Waals surface area contributed by atoms with Crippen LogP contribution in [0, 0.1) is 0 Å². The van der Waals surface area contributed by atoms with E-state index in [1.807, 2.05) is 24.3 Å². The summed E-state index contributed by atoms with van der Waals surface area (Å²) in [5.74, 6) is -1.86. The van der Waals surface area contributed by atoms with E-state index in [1.165, 1.54) is 0 Å². The first-order valence-corrected chi connectivity index (χ1v) is 7.74. The molecule has 0 aliphatic carbocycles. The van der Waals surface area contributed by atoms with Gasteiger partial charge in [0.2, 0.25) is 0 Å². The summed E-state index contributed by atoms with van der Waals surface area (Å²) in [4.78, 5) is 21.5. The summed E-state index contributed by atoms with van der Waals surface area (Å²) in [7, 11) is 0. The van der Waals surface area contributed by atoms with Crippen LogP contribution in [-0.2, 0) is 0 Å². The fraction of sp³-hybridized carbons (Fsp3) is 0. The molecule has 2 aromatic rings. The Morgan fingerprint density at radius 1 is 0.684 bits per heavy atom. The summed E-state index contributed by atoms with van der Waals surface area (Å²) in [5.41, 5.74) is 0.551. The molecule has 0 saturated heterocycles. The summed E-state index contributed by atoms with van der Waals surface area (Å²) in [5, 5.41) is 17.6. The minimum atomic E-state index is -0.932. The summed E-state index contributed by atoms with van der Waals surface area (Å²) in [6, 6.07) is 13.6. The van der Waals surface area contributed by atoms with Crippen LogP contribution in [0.1, 0.15) is 20.7 Å². The van der Waals surface area contributed by atoms with Gasteiger partial charge in [0.1, 0.15) is 0 Å². The third-order valence-electron chi connectivity index (χ3n) is 2.44. The van der Waals surface area contributed by atoms with Crippen LogP contribution >= 0.6 is 0 Å². The van der Waals surface area contributed by atoms with Crippen LogP contribution in [-0.4, -0.2) is 43.1 Å². The quantitative estimate of drug-likeness (QED) is 0.779. The third-order valence-corrected chi connectivity index (χ3v) is 5.34. The Bertz CT molecular complexity index is 547. The molecule has 5 heteroatoms. The van der Waals surface area contributed by atoms with E-state index >= 15 is 0 Å². The van der Waals surface area contributed by atoms with Crippen LogP contribution in [0.4, 0.5) is 0 Å². The molecule has 4 nitrogen and oxygen atoms in total. The third kappa shape index (κ3) is 3.57. The first-order chi connectivity index (χ1) is 9.06. The van der Waals surface area contributed by atoms with E-state index in [1.54, 1.807) is 24.3 Å². The molecule has 0 aliphatic rings. The van der Waals surface area contributed by atoms with Crippen LogP contribution in [0.5, 0.6) is 0 Å². The van der Waals surface area contributed by atoms with Crippen molar-refractivity contribution in [3.8, 4) is 0 Å². The number of rotatable bonds is 4. The number of aromatic carboxylic acids is 2. The van der Waals surface area contributed by atoms with Gasteiger partial charge in [-0.1, -0.05) is 0 Å². The molecule has 0 amide bonds. The van der Waals surface area contributed by atoms with Gasteiger partial charge >= 0.3 is 120 Å². The van der Waals surface area contributed by atoms with Crippen molar-refractivity contribution in [2.45, 2.75) is 0 Å². The molecule has 2 N–H and O–H groups in total. The topological polar surface area (TPSA) is 74.6 Å². The minimum absolute atomic E-state index is 0.275. The SMILES string of the molecule is O=C(O)c1ccc([Te]c2ccc(C(=O)O)cc2)cc1. The molecule has 0 heterocycles. The van der Waals surface area contributed by atoms with Crippen molar-refractivity contribution in [2.24, 2.45) is 0 Å². The Kier molecular flexibility index (Phi) is 4.20. The Labute approximate surface area is 119 Å². The zero-order valence-corrected chi connectivity index (χ0v) is 12.1. The molecule has 0 saturated carbocycles. The number of hydrogen-bond donors (Lipinski definition) is 2. The molecule has 0 aromatic heterocycles. The number of carboxylic acid groups (broad SMARTS) is 2. The fourth-order valence-electron chi connectivity index (χ4n) is 1.47. The summed E-state index contributed by atoms with van der Waals surface area (Å²) < 4.78 is 2.22. The van der Waals surface area contributed by atoms with E-state index in [0.717, 1.165) is 7.22 Å². The van der Waals surface area contributed by atoms with Gasteiger partial charge in [-0.3, -0.25) is 0 Å². The van der Waals surface area contributed by atoms with Crippen molar-refractivity contribution in [3.05, 3.63) is 59.7 Å². The number of carbonyl (C=O) groups is 2. The van der Waals surface area contributed by atoms with Crippen molar-refractivity contribution >= 4 is 40.1 Å². The zero-order chi connectivity index (χ0) is 13.8. The standard InChI is InChI=1S/C14H10O4Te/c15-13(16)9-1-5-11(6-2-9)19-12-7-3-10(4-8-12)14(17)18/h1-8H,(H,15,16)(H,17,18). The van der Waals surface area contributed by atoms with Gasteiger partial charge in [-0.15, -0.1) is 0 Å². The second-order valence-electron chi connectivity index (χ2n) is 3.76. The van der Waals surface area contributed by atoms with Crippen molar-refractivity contribution in [2.75, 3.05) is 0 Å². The Hall–Kier alpha value is -1.83. The first-order valence-electron chi connectivity index (χ1n) is 5.41. The van der Waals surface area contributed by atoms with Crippen molar-refractivity contribution in [1.29, 1.82) is 0 Å². The fourth-order valence-corrected chi connectivity index (χ4v) is 3.80. The van der Waals surface area contributed by atoms with Gasteiger partial charge in [0.15, 0.2) is 0 Å². The summed E-state index contributed by atoms with van der Waals surface area (Å²) in [6.07, 6.45) is 0. The summed E-state index contributed by atoms with van der Waals surface area (Å²) >= 11 is -0.615. The van der Waals surface area contributed by atoms with Crippen LogP contribution in [0.15, 0.2) is 48.5 Å². The van der Waals surface area contributed by atoms with Gasteiger partial charge in [0.05, 0.1) is 0 Å². The molecule has 2 aromatic carbocycles. The molecular weight excluding hydrogens is 360 g/mol. The predicted octanol–water partition coefficient (Wildman–Crippen LogP) is 0.738. The Morgan fingerprint density at radius 2 is 1.00 bits per heavy atom. The Balaban J connectivity index is 2.12. The molecule has 0 radical (unpaired) electrons. The zero-order valence-electron chi connectivity index (χ0n) is 9.74. The molecule has 0 atom stereocenters. The molecule has 0 fully saturated rings. The maximum atomic E-state index is 10.7. The van der Waals surface area contributed by atoms with E-state index in [-0.39, 0.29) is 11.1 Å². The van der Waals surface area contributed by atoms with Gasteiger partial charge in [-0.25, -0.2) is 0 Å². The molecule has 96 valence electrons. The van der Waals surface area contributed by atoms with E-state index in [0.29, 0.717) is 0 Å². The molecule has 0 spiro atoms. The normalized spacial score (nSPS) is 10.1. The maximum absolute atomic E-state index is 10.7. The van der Waals surface area contributed by atoms with Crippen molar-refractivity contribution in [1.82, 2.24) is 0 Å². The average molecular weight is 370 g/mol. The van der Waals surface area contributed by atoms with Crippen LogP contribution in [0.2, 0.25) is 0 Å². The molecule has 2 rings (SSSR count). The molecule has 0 bridgehead atoms. The Morgan fingerprint density at radius 3 is 1.26 bits per heavy atom. The van der Waals surface area contributed by atoms with E-state index in [2.05, 4.69) is 0 Å². The number of carboxylic acids is 2. The number of hydrogen-bond acceptors (Lipinski definition) is 2. The second kappa shape index (κ2) is 5.87. The van der Waals surface area contributed by atoms with Gasteiger partial charge in [0, 0.05) is 0 Å². The van der Waals surface area contributed by atoms with E-state index < -0.39 is 32.9 Å². The second-order valence-corrected chi connectivity index (χ2v) is 7.03. The van der Waals surface area contributed by atoms with Crippen molar-refractivity contribution in [3.63, 3.8) is 0 Å². The molecule has 0 unspecified atom stereocenters. The van der Waals surface area contributed by atoms with Gasteiger partial charge < -0.3 is 0 Å². The van der Waals surface area contributed by atoms with Gasteiger partial charge in [-0.05, 0) is 0 Å². The van der Waals surface area contributed by atoms with Gasteiger partial charge in [-0.2, -0.15) is 0 Å². The first kappa shape index (κ1) is 13.6. The molecule has 0 aliphatic heterocycles.